The zero-order valence-electron chi connectivity index (χ0n) is 19.9. The molecule has 4 N–H and O–H groups in total. The minimum absolute atomic E-state index is 0.0763. The van der Waals surface area contributed by atoms with Crippen LogP contribution in [0.15, 0.2) is 84.9 Å². The third kappa shape index (κ3) is 7.43. The molecule has 0 aromatic heterocycles. The van der Waals surface area contributed by atoms with Crippen LogP contribution in [0, 0.1) is 5.92 Å². The number of hydrogen-bond donors (Lipinski definition) is 4. The number of phenolic OH excluding ortho intramolecular Hbond substituents is 1. The van der Waals surface area contributed by atoms with Gasteiger partial charge < -0.3 is 21.1 Å². The van der Waals surface area contributed by atoms with Crippen molar-refractivity contribution in [1.82, 2.24) is 16.0 Å². The van der Waals surface area contributed by atoms with E-state index in [1.165, 1.54) is 12.1 Å². The summed E-state index contributed by atoms with van der Waals surface area (Å²) in [5, 5.41) is 18.4. The van der Waals surface area contributed by atoms with E-state index in [1.54, 1.807) is 26.0 Å². The first kappa shape index (κ1) is 25.5. The van der Waals surface area contributed by atoms with Gasteiger partial charge in [0, 0.05) is 13.0 Å². The van der Waals surface area contributed by atoms with E-state index in [0.29, 0.717) is 13.0 Å². The van der Waals surface area contributed by atoms with Crippen LogP contribution in [0.2, 0.25) is 0 Å². The van der Waals surface area contributed by atoms with Gasteiger partial charge in [0.05, 0.1) is 5.56 Å². The molecule has 3 aromatic carbocycles. The quantitative estimate of drug-likeness (QED) is 0.363. The topological polar surface area (TPSA) is 108 Å². The molecule has 0 bridgehead atoms. The second-order valence-electron chi connectivity index (χ2n) is 8.67. The van der Waals surface area contributed by atoms with Gasteiger partial charge in [-0.25, -0.2) is 0 Å². The molecule has 0 spiro atoms. The van der Waals surface area contributed by atoms with Crippen LogP contribution in [0.4, 0.5) is 0 Å². The summed E-state index contributed by atoms with van der Waals surface area (Å²) in [6.45, 7) is 3.94. The minimum Gasteiger partial charge on any atom is -0.507 e. The maximum absolute atomic E-state index is 13.2. The van der Waals surface area contributed by atoms with Crippen LogP contribution in [-0.4, -0.2) is 34.9 Å². The van der Waals surface area contributed by atoms with Crippen molar-refractivity contribution in [3.8, 4) is 5.75 Å². The van der Waals surface area contributed by atoms with Gasteiger partial charge in [-0.1, -0.05) is 86.6 Å². The SMILES string of the molecule is CC(C)[C@H](NC(=O)c1ccccc1O)C(=O)N[C@@H](Cc1ccccc1)C(=O)NCc1ccccc1. The maximum atomic E-state index is 13.2. The average Bonchev–Trinajstić information content (AvgIpc) is 2.86. The van der Waals surface area contributed by atoms with Crippen LogP contribution >= 0.6 is 0 Å². The van der Waals surface area contributed by atoms with E-state index in [9.17, 15) is 19.5 Å². The Morgan fingerprint density at radius 1 is 0.743 bits per heavy atom. The van der Waals surface area contributed by atoms with Crippen LogP contribution in [0.1, 0.15) is 35.3 Å². The Hall–Kier alpha value is -4.13. The summed E-state index contributed by atoms with van der Waals surface area (Å²) in [7, 11) is 0. The number of hydrogen-bond acceptors (Lipinski definition) is 4. The van der Waals surface area contributed by atoms with E-state index in [2.05, 4.69) is 16.0 Å². The standard InChI is InChI=1S/C28H31N3O4/c1-19(2)25(31-26(33)22-15-9-10-16-24(22)32)28(35)30-23(17-20-11-5-3-6-12-20)27(34)29-18-21-13-7-4-8-14-21/h3-16,19,23,25,32H,17-18H2,1-2H3,(H,29,34)(H,30,35)(H,31,33)/t23-,25-/m0/s1. The third-order valence-corrected chi connectivity index (χ3v) is 5.61. The number of aromatic hydroxyl groups is 1. The molecule has 3 amide bonds. The number of benzene rings is 3. The third-order valence-electron chi connectivity index (χ3n) is 5.61. The molecule has 2 atom stereocenters. The molecule has 3 rings (SSSR count). The zero-order chi connectivity index (χ0) is 25.2. The van der Waals surface area contributed by atoms with Gasteiger partial charge in [-0.3, -0.25) is 14.4 Å². The molecule has 0 saturated heterocycles. The predicted octanol–water partition coefficient (Wildman–Crippen LogP) is 3.19. The smallest absolute Gasteiger partial charge is 0.255 e. The van der Waals surface area contributed by atoms with E-state index >= 15 is 0 Å². The Kier molecular flexibility index (Phi) is 9.01. The molecule has 182 valence electrons. The Bertz CT molecular complexity index is 1130. The Morgan fingerprint density at radius 3 is 1.91 bits per heavy atom. The summed E-state index contributed by atoms with van der Waals surface area (Å²) in [6.07, 6.45) is 0.297. The fourth-order valence-electron chi connectivity index (χ4n) is 3.65. The van der Waals surface area contributed by atoms with Crippen LogP contribution in [0.25, 0.3) is 0 Å². The van der Waals surface area contributed by atoms with Crippen molar-refractivity contribution in [3.05, 3.63) is 102 Å². The molecule has 7 heteroatoms. The van der Waals surface area contributed by atoms with Crippen molar-refractivity contribution >= 4 is 17.7 Å². The highest BCUT2D eigenvalue weighted by Gasteiger charge is 2.29. The van der Waals surface area contributed by atoms with Crippen molar-refractivity contribution in [3.63, 3.8) is 0 Å². The highest BCUT2D eigenvalue weighted by molar-refractivity contribution is 6.00. The Balaban J connectivity index is 1.74. The van der Waals surface area contributed by atoms with Gasteiger partial charge in [-0.15, -0.1) is 0 Å². The van der Waals surface area contributed by atoms with E-state index in [-0.39, 0.29) is 23.1 Å². The molecule has 0 radical (unpaired) electrons. The zero-order valence-corrected chi connectivity index (χ0v) is 19.9. The minimum atomic E-state index is -0.901. The van der Waals surface area contributed by atoms with Crippen molar-refractivity contribution in [2.45, 2.75) is 38.9 Å². The highest BCUT2D eigenvalue weighted by Crippen LogP contribution is 2.16. The maximum Gasteiger partial charge on any atom is 0.255 e. The normalized spacial score (nSPS) is 12.4. The lowest BCUT2D eigenvalue weighted by atomic mass is 10.0. The van der Waals surface area contributed by atoms with E-state index in [4.69, 9.17) is 0 Å². The van der Waals surface area contributed by atoms with Crippen LogP contribution in [0.5, 0.6) is 5.75 Å². The number of rotatable bonds is 10. The average molecular weight is 474 g/mol. The molecule has 0 aliphatic carbocycles. The summed E-state index contributed by atoms with van der Waals surface area (Å²) in [4.78, 5) is 39.1. The first-order chi connectivity index (χ1) is 16.8. The van der Waals surface area contributed by atoms with Gasteiger partial charge in [-0.2, -0.15) is 0 Å². The lowest BCUT2D eigenvalue weighted by Gasteiger charge is -2.25. The highest BCUT2D eigenvalue weighted by atomic mass is 16.3. The van der Waals surface area contributed by atoms with Crippen molar-refractivity contribution in [1.29, 1.82) is 0 Å². The second-order valence-corrected chi connectivity index (χ2v) is 8.67. The number of para-hydroxylation sites is 1. The summed E-state index contributed by atoms with van der Waals surface area (Å²) in [5.74, 6) is -1.78. The number of phenols is 1. The van der Waals surface area contributed by atoms with Crippen molar-refractivity contribution in [2.24, 2.45) is 5.92 Å². The predicted molar refractivity (Wildman–Crippen MR) is 135 cm³/mol. The van der Waals surface area contributed by atoms with E-state index in [0.717, 1.165) is 11.1 Å². The van der Waals surface area contributed by atoms with Gasteiger partial charge >= 0.3 is 0 Å². The second kappa shape index (κ2) is 12.4. The molecular formula is C28H31N3O4. The molecule has 0 aliphatic rings. The lowest BCUT2D eigenvalue weighted by Crippen LogP contribution is -2.56. The van der Waals surface area contributed by atoms with Gasteiger partial charge in [0.25, 0.3) is 5.91 Å². The first-order valence-electron chi connectivity index (χ1n) is 11.6. The summed E-state index contributed by atoms with van der Waals surface area (Å²) >= 11 is 0. The number of nitrogens with one attached hydrogen (secondary N) is 3. The van der Waals surface area contributed by atoms with Gasteiger partial charge in [-0.05, 0) is 29.2 Å². The molecule has 0 aliphatic heterocycles. The van der Waals surface area contributed by atoms with E-state index in [1.807, 2.05) is 60.7 Å². The Labute approximate surface area is 205 Å². The molecular weight excluding hydrogens is 442 g/mol. The van der Waals surface area contributed by atoms with Crippen molar-refractivity contribution < 1.29 is 19.5 Å². The molecule has 0 unspecified atom stereocenters. The molecule has 0 fully saturated rings. The lowest BCUT2D eigenvalue weighted by molar-refractivity contribution is -0.130. The molecule has 3 aromatic rings. The summed E-state index contributed by atoms with van der Waals surface area (Å²) in [6, 6.07) is 23.3. The number of amides is 3. The Morgan fingerprint density at radius 2 is 1.31 bits per heavy atom. The summed E-state index contributed by atoms with van der Waals surface area (Å²) < 4.78 is 0. The summed E-state index contributed by atoms with van der Waals surface area (Å²) in [5.41, 5.74) is 1.92. The number of carbonyl (C=O) groups is 3. The first-order valence-corrected chi connectivity index (χ1v) is 11.6. The fourth-order valence-corrected chi connectivity index (χ4v) is 3.65. The van der Waals surface area contributed by atoms with Crippen LogP contribution < -0.4 is 16.0 Å². The van der Waals surface area contributed by atoms with Crippen LogP contribution in [0.3, 0.4) is 0 Å². The van der Waals surface area contributed by atoms with E-state index < -0.39 is 23.9 Å². The molecule has 7 nitrogen and oxygen atoms in total. The van der Waals surface area contributed by atoms with Crippen molar-refractivity contribution in [2.75, 3.05) is 0 Å². The monoisotopic (exact) mass is 473 g/mol. The molecule has 0 saturated carbocycles. The number of carbonyl (C=O) groups excluding carboxylic acids is 3. The molecule has 0 heterocycles. The van der Waals surface area contributed by atoms with Gasteiger partial charge in [0.2, 0.25) is 11.8 Å². The molecule has 35 heavy (non-hydrogen) atoms. The van der Waals surface area contributed by atoms with Crippen LogP contribution in [-0.2, 0) is 22.6 Å². The largest absolute Gasteiger partial charge is 0.507 e. The van der Waals surface area contributed by atoms with Gasteiger partial charge in [0.15, 0.2) is 0 Å². The fraction of sp³-hybridized carbons (Fsp3) is 0.250. The van der Waals surface area contributed by atoms with Gasteiger partial charge in [0.1, 0.15) is 17.8 Å².